The Bertz CT molecular complexity index is 1190. The molecule has 0 aliphatic heterocycles. The molecule has 30 heavy (non-hydrogen) atoms. The third-order valence-corrected chi connectivity index (χ3v) is 4.22. The van der Waals surface area contributed by atoms with E-state index in [9.17, 15) is 22.4 Å². The highest BCUT2D eigenvalue weighted by Crippen LogP contribution is 2.25. The lowest BCUT2D eigenvalue weighted by molar-refractivity contribution is 0.102. The number of hydrogen-bond acceptors (Lipinski definition) is 4. The van der Waals surface area contributed by atoms with Crippen molar-refractivity contribution >= 4 is 17.4 Å². The first kappa shape index (κ1) is 19.6. The van der Waals surface area contributed by atoms with Crippen LogP contribution in [0.1, 0.15) is 40.3 Å². The zero-order valence-electron chi connectivity index (χ0n) is 15.2. The van der Waals surface area contributed by atoms with E-state index in [1.807, 2.05) is 30.3 Å². The molecule has 3 heterocycles. The quantitative estimate of drug-likeness (QED) is 0.479. The molecule has 154 valence electrons. The van der Waals surface area contributed by atoms with Gasteiger partial charge in [-0.1, -0.05) is 30.3 Å². The minimum Gasteiger partial charge on any atom is -0.304 e. The number of fused-ring (bicyclic) bond motifs is 1. The van der Waals surface area contributed by atoms with Gasteiger partial charge < -0.3 is 5.32 Å². The Morgan fingerprint density at radius 2 is 1.77 bits per heavy atom. The second kappa shape index (κ2) is 7.93. The smallest absolute Gasteiger partial charge is 0.280 e. The first-order valence-electron chi connectivity index (χ1n) is 8.76. The number of anilines is 1. The number of amides is 1. The summed E-state index contributed by atoms with van der Waals surface area (Å²) in [6, 6.07) is 12.7. The molecule has 4 aromatic rings. The number of carbonyl (C=O) groups excluding carboxylic acids is 1. The number of halogens is 4. The van der Waals surface area contributed by atoms with E-state index in [4.69, 9.17) is 0 Å². The zero-order chi connectivity index (χ0) is 21.3. The van der Waals surface area contributed by atoms with Crippen molar-refractivity contribution in [3.05, 3.63) is 77.4 Å². The minimum absolute atomic E-state index is 0.225. The van der Waals surface area contributed by atoms with Crippen molar-refractivity contribution in [3.8, 4) is 0 Å². The number of aromatic nitrogens is 5. The fourth-order valence-electron chi connectivity index (χ4n) is 2.86. The van der Waals surface area contributed by atoms with Crippen molar-refractivity contribution in [2.45, 2.75) is 19.4 Å². The maximum absolute atomic E-state index is 13.2. The van der Waals surface area contributed by atoms with E-state index < -0.39 is 30.1 Å². The van der Waals surface area contributed by atoms with E-state index in [1.165, 1.54) is 0 Å². The van der Waals surface area contributed by atoms with Crippen molar-refractivity contribution in [2.75, 3.05) is 5.32 Å². The van der Waals surface area contributed by atoms with E-state index in [2.05, 4.69) is 20.5 Å². The first-order chi connectivity index (χ1) is 14.4. The molecule has 7 nitrogen and oxygen atoms in total. The molecule has 0 aliphatic rings. The Morgan fingerprint density at radius 1 is 1.00 bits per heavy atom. The molecule has 11 heteroatoms. The molecule has 0 saturated heterocycles. The van der Waals surface area contributed by atoms with E-state index in [0.717, 1.165) is 11.6 Å². The highest BCUT2D eigenvalue weighted by atomic mass is 19.3. The van der Waals surface area contributed by atoms with Crippen LogP contribution in [0.25, 0.3) is 5.65 Å². The van der Waals surface area contributed by atoms with Crippen LogP contribution in [0, 0.1) is 0 Å². The molecule has 0 saturated carbocycles. The van der Waals surface area contributed by atoms with Gasteiger partial charge in [0.25, 0.3) is 18.8 Å². The number of rotatable bonds is 6. The average molecular weight is 418 g/mol. The van der Waals surface area contributed by atoms with Crippen LogP contribution in [-0.4, -0.2) is 30.3 Å². The van der Waals surface area contributed by atoms with E-state index in [0.29, 0.717) is 17.1 Å². The molecule has 0 aliphatic carbocycles. The van der Waals surface area contributed by atoms with Gasteiger partial charge in [-0.2, -0.15) is 10.2 Å². The summed E-state index contributed by atoms with van der Waals surface area (Å²) in [7, 11) is 0. The molecular weight excluding hydrogens is 404 g/mol. The van der Waals surface area contributed by atoms with Gasteiger partial charge in [-0.05, 0) is 11.6 Å². The highest BCUT2D eigenvalue weighted by Gasteiger charge is 2.22. The van der Waals surface area contributed by atoms with Gasteiger partial charge in [-0.3, -0.25) is 9.48 Å². The maximum Gasteiger partial charge on any atom is 0.280 e. The number of hydrogen-bond donors (Lipinski definition) is 1. The lowest BCUT2D eigenvalue weighted by Gasteiger charge is -2.06. The number of benzene rings is 1. The predicted molar refractivity (Wildman–Crippen MR) is 98.6 cm³/mol. The molecule has 1 N–H and O–H groups in total. The van der Waals surface area contributed by atoms with Crippen LogP contribution in [-0.2, 0) is 6.54 Å². The summed E-state index contributed by atoms with van der Waals surface area (Å²) < 4.78 is 54.6. The number of nitrogens with zero attached hydrogens (tertiary/aromatic N) is 5. The number of carbonyl (C=O) groups is 1. The Labute approximate surface area is 167 Å². The summed E-state index contributed by atoms with van der Waals surface area (Å²) in [6.45, 7) is 0.489. The standard InChI is InChI=1S/C19H14F4N6O/c20-17(21)12-8-14(18(22)23)29-16(24-12)9-13(26-29)19(30)25-15-6-7-28(27-15)10-11-4-2-1-3-5-11/h1-9,17-18H,10H2,(H,25,27,30). The second-order valence-electron chi connectivity index (χ2n) is 6.35. The van der Waals surface area contributed by atoms with Crippen LogP contribution in [0.4, 0.5) is 23.4 Å². The predicted octanol–water partition coefficient (Wildman–Crippen LogP) is 4.10. The van der Waals surface area contributed by atoms with E-state index in [1.54, 1.807) is 16.9 Å². The molecule has 0 bridgehead atoms. The fourth-order valence-corrected chi connectivity index (χ4v) is 2.86. The van der Waals surface area contributed by atoms with Gasteiger partial charge in [0.05, 0.1) is 6.54 Å². The second-order valence-corrected chi connectivity index (χ2v) is 6.35. The summed E-state index contributed by atoms with van der Waals surface area (Å²) in [5, 5.41) is 10.5. The molecular formula is C19H14F4N6O. The monoisotopic (exact) mass is 418 g/mol. The molecule has 0 spiro atoms. The molecule has 0 unspecified atom stereocenters. The molecule has 1 amide bonds. The van der Waals surface area contributed by atoms with Crippen molar-refractivity contribution in [2.24, 2.45) is 0 Å². The van der Waals surface area contributed by atoms with Crippen LogP contribution in [0.5, 0.6) is 0 Å². The number of nitrogens with one attached hydrogen (secondary N) is 1. The van der Waals surface area contributed by atoms with Crippen LogP contribution >= 0.6 is 0 Å². The topological polar surface area (TPSA) is 77.1 Å². The SMILES string of the molecule is O=C(Nc1ccn(Cc2ccccc2)n1)c1cc2nc(C(F)F)cc(C(F)F)n2n1. The van der Waals surface area contributed by atoms with Gasteiger partial charge in [-0.25, -0.2) is 27.1 Å². The normalized spacial score (nSPS) is 11.5. The van der Waals surface area contributed by atoms with E-state index >= 15 is 0 Å². The molecule has 1 aromatic carbocycles. The largest absolute Gasteiger partial charge is 0.304 e. The van der Waals surface area contributed by atoms with Crippen molar-refractivity contribution in [1.29, 1.82) is 0 Å². The summed E-state index contributed by atoms with van der Waals surface area (Å²) in [6.07, 6.45) is -4.44. The zero-order valence-corrected chi connectivity index (χ0v) is 15.2. The van der Waals surface area contributed by atoms with E-state index in [-0.39, 0.29) is 17.2 Å². The van der Waals surface area contributed by atoms with Crippen LogP contribution < -0.4 is 5.32 Å². The summed E-state index contributed by atoms with van der Waals surface area (Å²) in [5.41, 5.74) is -1.11. The van der Waals surface area contributed by atoms with Gasteiger partial charge in [-0.15, -0.1) is 0 Å². The number of alkyl halides is 4. The van der Waals surface area contributed by atoms with Crippen molar-refractivity contribution in [1.82, 2.24) is 24.4 Å². The Kier molecular flexibility index (Phi) is 5.17. The van der Waals surface area contributed by atoms with Crippen LogP contribution in [0.2, 0.25) is 0 Å². The molecule has 3 aromatic heterocycles. The maximum atomic E-state index is 13.2. The fraction of sp³-hybridized carbons (Fsp3) is 0.158. The Hall–Kier alpha value is -3.76. The lowest BCUT2D eigenvalue weighted by Crippen LogP contribution is -2.14. The van der Waals surface area contributed by atoms with Crippen LogP contribution in [0.3, 0.4) is 0 Å². The minimum atomic E-state index is -3.07. The summed E-state index contributed by atoms with van der Waals surface area (Å²) in [4.78, 5) is 16.0. The Balaban J connectivity index is 1.56. The average Bonchev–Trinajstić information content (AvgIpc) is 3.34. The van der Waals surface area contributed by atoms with Gasteiger partial charge in [0.2, 0.25) is 0 Å². The van der Waals surface area contributed by atoms with Crippen molar-refractivity contribution in [3.63, 3.8) is 0 Å². The Morgan fingerprint density at radius 3 is 2.47 bits per heavy atom. The molecule has 0 atom stereocenters. The molecule has 0 fully saturated rings. The van der Waals surface area contributed by atoms with Gasteiger partial charge in [0.1, 0.15) is 11.4 Å². The van der Waals surface area contributed by atoms with Crippen molar-refractivity contribution < 1.29 is 22.4 Å². The summed E-state index contributed by atoms with van der Waals surface area (Å²) in [5.74, 6) is -0.507. The van der Waals surface area contributed by atoms with Gasteiger partial charge >= 0.3 is 0 Å². The van der Waals surface area contributed by atoms with Gasteiger partial charge in [0, 0.05) is 18.3 Å². The molecule has 4 rings (SSSR count). The van der Waals surface area contributed by atoms with Gasteiger partial charge in [0.15, 0.2) is 17.2 Å². The lowest BCUT2D eigenvalue weighted by atomic mass is 10.2. The molecule has 0 radical (unpaired) electrons. The third-order valence-electron chi connectivity index (χ3n) is 4.22. The summed E-state index contributed by atoms with van der Waals surface area (Å²) >= 11 is 0. The highest BCUT2D eigenvalue weighted by molar-refractivity contribution is 6.02. The third kappa shape index (κ3) is 4.00. The first-order valence-corrected chi connectivity index (χ1v) is 8.76. The van der Waals surface area contributed by atoms with Crippen LogP contribution in [0.15, 0.2) is 54.7 Å².